The minimum absolute atomic E-state index is 0.449. The third-order valence-corrected chi connectivity index (χ3v) is 14.6. The van der Waals surface area contributed by atoms with Crippen LogP contribution in [-0.4, -0.2) is 0 Å². The van der Waals surface area contributed by atoms with Crippen LogP contribution in [0.5, 0.6) is 0 Å². The summed E-state index contributed by atoms with van der Waals surface area (Å²) in [6, 6.07) is 72.3. The molecule has 0 saturated carbocycles. The van der Waals surface area contributed by atoms with Gasteiger partial charge in [-0.05, 0) is 129 Å². The predicted molar refractivity (Wildman–Crippen MR) is 264 cm³/mol. The molecule has 64 heavy (non-hydrogen) atoms. The molecule has 2 nitrogen and oxygen atoms in total. The summed E-state index contributed by atoms with van der Waals surface area (Å²) in [4.78, 5) is 2.50. The van der Waals surface area contributed by atoms with Crippen molar-refractivity contribution >= 4 is 27.6 Å². The molecule has 2 heteroatoms. The zero-order valence-corrected chi connectivity index (χ0v) is 35.5. The van der Waals surface area contributed by atoms with Gasteiger partial charge in [0.25, 0.3) is 0 Å². The van der Waals surface area contributed by atoms with Gasteiger partial charge in [0, 0.05) is 27.9 Å². The Labute approximate surface area is 374 Å². The summed E-state index contributed by atoms with van der Waals surface area (Å²) in [5.74, 6) is 0. The molecule has 0 spiro atoms. The first-order valence-electron chi connectivity index (χ1n) is 22.8. The van der Waals surface area contributed by atoms with Gasteiger partial charge in [-0.3, -0.25) is 0 Å². The van der Waals surface area contributed by atoms with E-state index in [1.807, 2.05) is 12.1 Å². The Kier molecular flexibility index (Phi) is 8.33. The largest absolute Gasteiger partial charge is 0.456 e. The van der Waals surface area contributed by atoms with Crippen LogP contribution in [0.25, 0.3) is 44.2 Å². The van der Waals surface area contributed by atoms with Gasteiger partial charge in [0.1, 0.15) is 11.2 Å². The van der Waals surface area contributed by atoms with Crippen LogP contribution in [0.4, 0.5) is 5.69 Å². The minimum Gasteiger partial charge on any atom is -0.456 e. The fraction of sp³-hybridized carbons (Fsp3) is 0.0968. The summed E-state index contributed by atoms with van der Waals surface area (Å²) in [6.45, 7) is 0. The molecule has 0 aliphatic heterocycles. The normalized spacial score (nSPS) is 19.3. The van der Waals surface area contributed by atoms with Crippen LogP contribution in [0.2, 0.25) is 0 Å². The van der Waals surface area contributed by atoms with E-state index in [1.54, 1.807) is 0 Å². The van der Waals surface area contributed by atoms with Crippen molar-refractivity contribution in [1.29, 1.82) is 0 Å². The summed E-state index contributed by atoms with van der Waals surface area (Å²) in [7, 11) is 0. The van der Waals surface area contributed by atoms with Gasteiger partial charge >= 0.3 is 0 Å². The number of para-hydroxylation sites is 1. The van der Waals surface area contributed by atoms with Crippen molar-refractivity contribution in [3.8, 4) is 22.3 Å². The molecule has 9 aromatic rings. The summed E-state index contributed by atoms with van der Waals surface area (Å²) < 4.78 is 6.16. The van der Waals surface area contributed by atoms with E-state index in [0.29, 0.717) is 0 Å². The van der Waals surface area contributed by atoms with Crippen LogP contribution in [0.15, 0.2) is 246 Å². The summed E-state index contributed by atoms with van der Waals surface area (Å²) in [5.41, 5.74) is 20.6. The average Bonchev–Trinajstić information content (AvgIpc) is 3.90. The van der Waals surface area contributed by atoms with Gasteiger partial charge < -0.3 is 9.32 Å². The topological polar surface area (TPSA) is 16.4 Å². The van der Waals surface area contributed by atoms with Gasteiger partial charge in [-0.2, -0.15) is 0 Å². The van der Waals surface area contributed by atoms with E-state index in [4.69, 9.17) is 4.42 Å². The molecule has 0 saturated heterocycles. The second-order valence-electron chi connectivity index (χ2n) is 17.7. The lowest BCUT2D eigenvalue weighted by Gasteiger charge is -2.50. The molecule has 304 valence electrons. The van der Waals surface area contributed by atoms with Crippen molar-refractivity contribution < 1.29 is 4.42 Å². The molecule has 0 N–H and O–H groups in total. The number of hydrogen-bond donors (Lipinski definition) is 0. The van der Waals surface area contributed by atoms with Crippen molar-refractivity contribution in [2.45, 2.75) is 36.5 Å². The molecule has 0 fully saturated rings. The van der Waals surface area contributed by atoms with Crippen molar-refractivity contribution in [3.05, 3.63) is 280 Å². The first kappa shape index (κ1) is 36.9. The molecule has 4 aliphatic carbocycles. The predicted octanol–water partition coefficient (Wildman–Crippen LogP) is 15.6. The molecule has 8 aromatic carbocycles. The molecular formula is C62H45NO. The number of hydrogen-bond acceptors (Lipinski definition) is 2. The highest BCUT2D eigenvalue weighted by Gasteiger charge is 2.58. The van der Waals surface area contributed by atoms with Crippen LogP contribution in [-0.2, 0) is 10.8 Å². The highest BCUT2D eigenvalue weighted by molar-refractivity contribution is 6.06. The Hall–Kier alpha value is -7.68. The molecule has 0 radical (unpaired) electrons. The number of nitrogens with zero attached hydrogens (tertiary/aromatic N) is 1. The Bertz CT molecular complexity index is 3440. The Morgan fingerprint density at radius 2 is 1.09 bits per heavy atom. The summed E-state index contributed by atoms with van der Waals surface area (Å²) in [5, 5.41) is 2.30. The van der Waals surface area contributed by atoms with Gasteiger partial charge in [0.05, 0.1) is 10.8 Å². The molecule has 2 unspecified atom stereocenters. The average molecular weight is 820 g/mol. The zero-order chi connectivity index (χ0) is 42.2. The zero-order valence-electron chi connectivity index (χ0n) is 35.5. The fourth-order valence-electron chi connectivity index (χ4n) is 12.0. The lowest BCUT2D eigenvalue weighted by molar-refractivity contribution is 0.594. The van der Waals surface area contributed by atoms with Gasteiger partial charge in [0.15, 0.2) is 0 Å². The van der Waals surface area contributed by atoms with Gasteiger partial charge in [-0.15, -0.1) is 0 Å². The first-order chi connectivity index (χ1) is 31.7. The quantitative estimate of drug-likeness (QED) is 0.159. The Morgan fingerprint density at radius 1 is 0.453 bits per heavy atom. The number of furan rings is 1. The molecule has 1 aromatic heterocycles. The van der Waals surface area contributed by atoms with E-state index in [2.05, 4.69) is 217 Å². The van der Waals surface area contributed by atoms with Crippen LogP contribution in [0.1, 0.15) is 64.6 Å². The third-order valence-electron chi connectivity index (χ3n) is 14.6. The van der Waals surface area contributed by atoms with E-state index < -0.39 is 10.8 Å². The van der Waals surface area contributed by atoms with Crippen LogP contribution in [0.3, 0.4) is 0 Å². The van der Waals surface area contributed by atoms with E-state index in [1.165, 1.54) is 83.9 Å². The van der Waals surface area contributed by atoms with Crippen molar-refractivity contribution in [2.75, 3.05) is 4.90 Å². The minimum atomic E-state index is -0.510. The molecule has 1 heterocycles. The first-order valence-corrected chi connectivity index (χ1v) is 22.8. The van der Waals surface area contributed by atoms with Crippen molar-refractivity contribution in [3.63, 3.8) is 0 Å². The molecule has 0 amide bonds. The van der Waals surface area contributed by atoms with Crippen molar-refractivity contribution in [2.24, 2.45) is 0 Å². The van der Waals surface area contributed by atoms with Gasteiger partial charge in [-0.25, -0.2) is 0 Å². The van der Waals surface area contributed by atoms with Crippen LogP contribution < -0.4 is 4.90 Å². The number of anilines is 1. The number of benzene rings is 8. The highest BCUT2D eigenvalue weighted by Crippen LogP contribution is 2.66. The van der Waals surface area contributed by atoms with Crippen LogP contribution >= 0.6 is 0 Å². The molecule has 2 atom stereocenters. The van der Waals surface area contributed by atoms with Gasteiger partial charge in [0.2, 0.25) is 0 Å². The second kappa shape index (κ2) is 14.4. The number of allylic oxidation sites excluding steroid dienone is 7. The number of fused-ring (bicyclic) bond motifs is 8. The van der Waals surface area contributed by atoms with E-state index in [0.717, 1.165) is 47.6 Å². The lowest BCUT2D eigenvalue weighted by Crippen LogP contribution is -2.45. The lowest BCUT2D eigenvalue weighted by atomic mass is 9.51. The Morgan fingerprint density at radius 3 is 1.84 bits per heavy atom. The van der Waals surface area contributed by atoms with E-state index in [-0.39, 0.29) is 0 Å². The number of rotatable bonds is 7. The van der Waals surface area contributed by atoms with Gasteiger partial charge in [-0.1, -0.05) is 188 Å². The second-order valence-corrected chi connectivity index (χ2v) is 17.7. The standard InChI is InChI=1S/C62H45NO/c1-4-17-44(18-5-1)61(55-27-13-14-28-56(55)62(45-19-6-2-7-20-45)54-26-12-10-23-50(54)52-25-16-29-57(61)60(52)62)46-34-38-49(39-35-46)63(47-21-8-3-9-22-47)48-36-31-42(32-37-48)43-33-40-59-53(41-43)51-24-11-15-30-58(51)64-59/h1-2,4-8,10-34,36-38,40-41H,3,9,35,39H2. The maximum Gasteiger partial charge on any atom is 0.135 e. The molecular weight excluding hydrogens is 775 g/mol. The Balaban J connectivity index is 0.979. The summed E-state index contributed by atoms with van der Waals surface area (Å²) >= 11 is 0. The monoisotopic (exact) mass is 819 g/mol. The smallest absolute Gasteiger partial charge is 0.135 e. The fourth-order valence-corrected chi connectivity index (χ4v) is 12.0. The van der Waals surface area contributed by atoms with E-state index in [9.17, 15) is 0 Å². The summed E-state index contributed by atoms with van der Waals surface area (Å²) in [6.07, 6.45) is 15.9. The van der Waals surface area contributed by atoms with Crippen LogP contribution in [0, 0.1) is 0 Å². The molecule has 4 aliphatic rings. The van der Waals surface area contributed by atoms with E-state index >= 15 is 0 Å². The van der Waals surface area contributed by atoms with Crippen molar-refractivity contribution in [1.82, 2.24) is 0 Å². The maximum atomic E-state index is 6.16. The molecule has 13 rings (SSSR count). The highest BCUT2D eigenvalue weighted by atomic mass is 16.3. The SMILES string of the molecule is C1=CC(N(C2=CC=C(C3(c4ccccc4)c4ccccc4C4(c5ccccc5)c5ccccc5-c5cccc3c54)CC2)c2ccc(-c3ccc4oc5ccccc5c4c3)cc2)=CCC1. The molecule has 0 bridgehead atoms. The maximum absolute atomic E-state index is 6.16. The third kappa shape index (κ3) is 5.20.